The Labute approximate surface area is 115 Å². The van der Waals surface area contributed by atoms with Gasteiger partial charge in [-0.15, -0.1) is 0 Å². The van der Waals surface area contributed by atoms with E-state index in [1.54, 1.807) is 12.1 Å². The van der Waals surface area contributed by atoms with Crippen LogP contribution in [-0.4, -0.2) is 43.7 Å². The monoisotopic (exact) mass is 259 g/mol. The number of hydrogen-bond acceptors (Lipinski definition) is 4. The summed E-state index contributed by atoms with van der Waals surface area (Å²) in [5.41, 5.74) is 0.669. The van der Waals surface area contributed by atoms with Gasteiger partial charge in [-0.1, -0.05) is 0 Å². The van der Waals surface area contributed by atoms with Crippen molar-refractivity contribution in [2.75, 3.05) is 32.8 Å². The average molecular weight is 259 g/mol. The Bertz CT molecular complexity index is 424. The molecule has 0 aliphatic carbocycles. The molecule has 4 heteroatoms. The van der Waals surface area contributed by atoms with Gasteiger partial charge in [-0.2, -0.15) is 5.26 Å². The van der Waals surface area contributed by atoms with E-state index >= 15 is 0 Å². The molecule has 0 aromatic heterocycles. The fourth-order valence-corrected chi connectivity index (χ4v) is 2.32. The number of piperazine rings is 1. The molecule has 1 atom stereocenters. The SMILES string of the molecule is C[C@@H]1CN(CCCOc2ccc(C#N)cc2)CCN1. The fraction of sp³-hybridized carbons (Fsp3) is 0.533. The molecule has 0 unspecified atom stereocenters. The molecule has 0 radical (unpaired) electrons. The van der Waals surface area contributed by atoms with Crippen LogP contribution in [0.1, 0.15) is 18.9 Å². The summed E-state index contributed by atoms with van der Waals surface area (Å²) in [6.07, 6.45) is 1.03. The molecule has 0 bridgehead atoms. The highest BCUT2D eigenvalue weighted by Crippen LogP contribution is 2.11. The molecule has 0 spiro atoms. The number of ether oxygens (including phenoxy) is 1. The summed E-state index contributed by atoms with van der Waals surface area (Å²) < 4.78 is 5.67. The number of nitriles is 1. The van der Waals surface area contributed by atoms with Crippen LogP contribution in [0, 0.1) is 11.3 Å². The smallest absolute Gasteiger partial charge is 0.119 e. The summed E-state index contributed by atoms with van der Waals surface area (Å²) in [5.74, 6) is 0.840. The number of rotatable bonds is 5. The average Bonchev–Trinajstić information content (AvgIpc) is 2.44. The summed E-state index contributed by atoms with van der Waals surface area (Å²) in [6, 6.07) is 9.97. The third-order valence-electron chi connectivity index (χ3n) is 3.32. The van der Waals surface area contributed by atoms with Gasteiger partial charge in [-0.25, -0.2) is 0 Å². The molecule has 19 heavy (non-hydrogen) atoms. The highest BCUT2D eigenvalue weighted by atomic mass is 16.5. The van der Waals surface area contributed by atoms with Crippen molar-refractivity contribution in [3.63, 3.8) is 0 Å². The van der Waals surface area contributed by atoms with Gasteiger partial charge in [0.05, 0.1) is 18.2 Å². The van der Waals surface area contributed by atoms with E-state index in [-0.39, 0.29) is 0 Å². The van der Waals surface area contributed by atoms with Crippen LogP contribution >= 0.6 is 0 Å². The lowest BCUT2D eigenvalue weighted by molar-refractivity contribution is 0.189. The van der Waals surface area contributed by atoms with E-state index in [2.05, 4.69) is 23.2 Å². The van der Waals surface area contributed by atoms with Crippen LogP contribution in [0.15, 0.2) is 24.3 Å². The van der Waals surface area contributed by atoms with E-state index in [1.807, 2.05) is 12.1 Å². The predicted molar refractivity (Wildman–Crippen MR) is 75.2 cm³/mol. The van der Waals surface area contributed by atoms with E-state index in [4.69, 9.17) is 10.00 Å². The molecule has 4 nitrogen and oxygen atoms in total. The van der Waals surface area contributed by atoms with Crippen molar-refractivity contribution in [1.82, 2.24) is 10.2 Å². The van der Waals surface area contributed by atoms with Crippen LogP contribution in [-0.2, 0) is 0 Å². The normalized spacial score (nSPS) is 19.9. The Morgan fingerprint density at radius 2 is 2.21 bits per heavy atom. The minimum Gasteiger partial charge on any atom is -0.494 e. The maximum Gasteiger partial charge on any atom is 0.119 e. The Kier molecular flexibility index (Phi) is 5.20. The standard InChI is InChI=1S/C15H21N3O/c1-13-12-18(9-7-17-13)8-2-10-19-15-5-3-14(11-16)4-6-15/h3-6,13,17H,2,7-10,12H2,1H3/t13-/m1/s1. The fourth-order valence-electron chi connectivity index (χ4n) is 2.32. The number of benzene rings is 1. The largest absolute Gasteiger partial charge is 0.494 e. The van der Waals surface area contributed by atoms with Gasteiger partial charge in [-0.3, -0.25) is 0 Å². The minimum absolute atomic E-state index is 0.591. The first-order valence-electron chi connectivity index (χ1n) is 6.86. The van der Waals surface area contributed by atoms with Crippen LogP contribution in [0.25, 0.3) is 0 Å². The van der Waals surface area contributed by atoms with Crippen LogP contribution in [0.4, 0.5) is 0 Å². The predicted octanol–water partition coefficient (Wildman–Crippen LogP) is 1.62. The molecule has 1 aliphatic rings. The van der Waals surface area contributed by atoms with Gasteiger partial charge in [0.1, 0.15) is 5.75 Å². The molecule has 102 valence electrons. The topological polar surface area (TPSA) is 48.3 Å². The summed E-state index contributed by atoms with van der Waals surface area (Å²) in [6.45, 7) is 7.36. The van der Waals surface area contributed by atoms with Gasteiger partial charge >= 0.3 is 0 Å². The molecule has 0 saturated carbocycles. The van der Waals surface area contributed by atoms with Crippen molar-refractivity contribution in [2.24, 2.45) is 0 Å². The van der Waals surface area contributed by atoms with Crippen LogP contribution in [0.5, 0.6) is 5.75 Å². The Morgan fingerprint density at radius 1 is 1.42 bits per heavy atom. The van der Waals surface area contributed by atoms with E-state index in [9.17, 15) is 0 Å². The van der Waals surface area contributed by atoms with Crippen molar-refractivity contribution >= 4 is 0 Å². The molecule has 1 saturated heterocycles. The van der Waals surface area contributed by atoms with Crippen molar-refractivity contribution in [3.8, 4) is 11.8 Å². The van der Waals surface area contributed by atoms with E-state index in [1.165, 1.54) is 0 Å². The summed E-state index contributed by atoms with van der Waals surface area (Å²) in [4.78, 5) is 2.48. The van der Waals surface area contributed by atoms with Gasteiger partial charge in [0.25, 0.3) is 0 Å². The second-order valence-electron chi connectivity index (χ2n) is 4.99. The minimum atomic E-state index is 0.591. The molecule has 1 aromatic rings. The summed E-state index contributed by atoms with van der Waals surface area (Å²) in [5, 5.41) is 12.1. The van der Waals surface area contributed by atoms with Gasteiger partial charge in [0.15, 0.2) is 0 Å². The first-order chi connectivity index (χ1) is 9.28. The van der Waals surface area contributed by atoms with Gasteiger partial charge < -0.3 is 15.0 Å². The maximum absolute atomic E-state index is 8.71. The molecule has 1 aliphatic heterocycles. The van der Waals surface area contributed by atoms with Crippen molar-refractivity contribution in [3.05, 3.63) is 29.8 Å². The van der Waals surface area contributed by atoms with Gasteiger partial charge in [0, 0.05) is 32.2 Å². The number of hydrogen-bond donors (Lipinski definition) is 1. The molecule has 1 fully saturated rings. The van der Waals surface area contributed by atoms with E-state index < -0.39 is 0 Å². The van der Waals surface area contributed by atoms with Crippen LogP contribution < -0.4 is 10.1 Å². The Hall–Kier alpha value is -1.57. The zero-order valence-electron chi connectivity index (χ0n) is 11.4. The van der Waals surface area contributed by atoms with E-state index in [0.717, 1.165) is 45.0 Å². The lowest BCUT2D eigenvalue weighted by Crippen LogP contribution is -2.49. The van der Waals surface area contributed by atoms with E-state index in [0.29, 0.717) is 11.6 Å². The Balaban J connectivity index is 1.64. The van der Waals surface area contributed by atoms with Gasteiger partial charge in [0.2, 0.25) is 0 Å². The third-order valence-corrected chi connectivity index (χ3v) is 3.32. The third kappa shape index (κ3) is 4.55. The van der Waals surface area contributed by atoms with Crippen LogP contribution in [0.2, 0.25) is 0 Å². The van der Waals surface area contributed by atoms with Crippen molar-refractivity contribution < 1.29 is 4.74 Å². The highest BCUT2D eigenvalue weighted by Gasteiger charge is 2.14. The van der Waals surface area contributed by atoms with Crippen molar-refractivity contribution in [2.45, 2.75) is 19.4 Å². The summed E-state index contributed by atoms with van der Waals surface area (Å²) >= 11 is 0. The number of nitrogens with zero attached hydrogens (tertiary/aromatic N) is 2. The first-order valence-corrected chi connectivity index (χ1v) is 6.86. The lowest BCUT2D eigenvalue weighted by Gasteiger charge is -2.31. The number of nitrogens with one attached hydrogen (secondary N) is 1. The highest BCUT2D eigenvalue weighted by molar-refractivity contribution is 5.34. The van der Waals surface area contributed by atoms with Gasteiger partial charge in [-0.05, 0) is 37.6 Å². The van der Waals surface area contributed by atoms with Crippen LogP contribution in [0.3, 0.4) is 0 Å². The molecule has 0 amide bonds. The molecular weight excluding hydrogens is 238 g/mol. The zero-order chi connectivity index (χ0) is 13.5. The maximum atomic E-state index is 8.71. The molecular formula is C15H21N3O. The molecule has 1 aromatic carbocycles. The summed E-state index contributed by atoms with van der Waals surface area (Å²) in [7, 11) is 0. The lowest BCUT2D eigenvalue weighted by atomic mass is 10.2. The zero-order valence-corrected chi connectivity index (χ0v) is 11.4. The van der Waals surface area contributed by atoms with Crippen molar-refractivity contribution in [1.29, 1.82) is 5.26 Å². The first kappa shape index (κ1) is 13.9. The molecule has 2 rings (SSSR count). The molecule has 1 heterocycles. The second-order valence-corrected chi connectivity index (χ2v) is 4.99. The quantitative estimate of drug-likeness (QED) is 0.816. The molecule has 1 N–H and O–H groups in total. The Morgan fingerprint density at radius 3 is 2.89 bits per heavy atom. The second kappa shape index (κ2) is 7.13.